The first-order valence-electron chi connectivity index (χ1n) is 2.52. The van der Waals surface area contributed by atoms with E-state index >= 15 is 0 Å². The van der Waals surface area contributed by atoms with Crippen molar-refractivity contribution in [3.05, 3.63) is 5.44 Å². The molecule has 0 aliphatic carbocycles. The third-order valence-electron chi connectivity index (χ3n) is 0.977. The highest BCUT2D eigenvalue weighted by molar-refractivity contribution is 8.02. The fourth-order valence-corrected chi connectivity index (χ4v) is 1.70. The quantitative estimate of drug-likeness (QED) is 0.530. The third-order valence-corrected chi connectivity index (χ3v) is 2.36. The Morgan fingerprint density at radius 2 is 2.75 bits per heavy atom. The minimum absolute atomic E-state index is 0.265. The van der Waals surface area contributed by atoms with Gasteiger partial charge in [-0.05, 0) is 6.92 Å². The number of thioether (sulfide) groups is 1. The number of alkyl halides is 1. The summed E-state index contributed by atoms with van der Waals surface area (Å²) in [7, 11) is 0. The summed E-state index contributed by atoms with van der Waals surface area (Å²) in [5.41, 5.74) is 1.05. The van der Waals surface area contributed by atoms with E-state index in [9.17, 15) is 0 Å². The summed E-state index contributed by atoms with van der Waals surface area (Å²) in [5, 5.41) is 0. The number of ether oxygens (including phenoxy) is 1. The molecule has 0 saturated carbocycles. The second-order valence-electron chi connectivity index (χ2n) is 1.70. The Labute approximate surface area is 58.7 Å². The normalized spacial score (nSPS) is 31.5. The van der Waals surface area contributed by atoms with Crippen LogP contribution in [0.3, 0.4) is 0 Å². The summed E-state index contributed by atoms with van der Waals surface area (Å²) in [6.07, 6.45) is 0.265. The van der Waals surface area contributed by atoms with Gasteiger partial charge in [-0.2, -0.15) is 0 Å². The summed E-state index contributed by atoms with van der Waals surface area (Å²) in [6, 6.07) is 0. The van der Waals surface area contributed by atoms with E-state index in [0.29, 0.717) is 5.88 Å². The molecule has 1 radical (unpaired) electrons. The molecule has 8 heavy (non-hydrogen) atoms. The second-order valence-corrected chi connectivity index (χ2v) is 3.20. The van der Waals surface area contributed by atoms with Gasteiger partial charge in [0.1, 0.15) is 5.44 Å². The van der Waals surface area contributed by atoms with Crippen molar-refractivity contribution in [2.24, 2.45) is 0 Å². The van der Waals surface area contributed by atoms with Crippen molar-refractivity contribution in [2.45, 2.75) is 13.0 Å². The van der Waals surface area contributed by atoms with Crippen molar-refractivity contribution in [1.29, 1.82) is 0 Å². The Bertz CT molecular complexity index is 78.8. The van der Waals surface area contributed by atoms with Crippen molar-refractivity contribution in [3.63, 3.8) is 0 Å². The van der Waals surface area contributed by atoms with Crippen LogP contribution in [0.15, 0.2) is 0 Å². The molecule has 1 rings (SSSR count). The summed E-state index contributed by atoms with van der Waals surface area (Å²) < 4.78 is 5.26. The lowest BCUT2D eigenvalue weighted by molar-refractivity contribution is 0.148. The first-order valence-corrected chi connectivity index (χ1v) is 4.04. The minimum atomic E-state index is 0.265. The Morgan fingerprint density at radius 1 is 2.00 bits per heavy atom. The largest absolute Gasteiger partial charge is 0.355 e. The third kappa shape index (κ3) is 1.54. The Hall–Kier alpha value is 0.600. The SMILES string of the molecule is C[C]1OC(CCl)CS1. The molecule has 3 heteroatoms. The fraction of sp³-hybridized carbons (Fsp3) is 0.800. The van der Waals surface area contributed by atoms with Crippen LogP contribution in [-0.2, 0) is 4.74 Å². The maximum absolute atomic E-state index is 5.52. The summed E-state index contributed by atoms with van der Waals surface area (Å²) in [5.74, 6) is 1.64. The fourth-order valence-electron chi connectivity index (χ4n) is 0.589. The van der Waals surface area contributed by atoms with Crippen molar-refractivity contribution < 1.29 is 4.74 Å². The molecule has 1 fully saturated rings. The molecule has 47 valence electrons. The van der Waals surface area contributed by atoms with Crippen LogP contribution in [0.4, 0.5) is 0 Å². The van der Waals surface area contributed by atoms with E-state index in [2.05, 4.69) is 0 Å². The van der Waals surface area contributed by atoms with Gasteiger partial charge in [-0.3, -0.25) is 0 Å². The van der Waals surface area contributed by atoms with Gasteiger partial charge < -0.3 is 4.74 Å². The standard InChI is InChI=1S/C5H8ClOS/c1-4-7-5(2-6)3-8-4/h5H,2-3H2,1H3. The van der Waals surface area contributed by atoms with Gasteiger partial charge in [-0.15, -0.1) is 23.4 Å². The maximum atomic E-state index is 5.52. The Balaban J connectivity index is 2.22. The number of hydrogen-bond acceptors (Lipinski definition) is 2. The zero-order chi connectivity index (χ0) is 5.98. The first-order chi connectivity index (χ1) is 3.83. The van der Waals surface area contributed by atoms with Crippen LogP contribution < -0.4 is 0 Å². The molecule has 0 N–H and O–H groups in total. The molecule has 1 aliphatic rings. The lowest BCUT2D eigenvalue weighted by atomic mass is 10.5. The van der Waals surface area contributed by atoms with E-state index in [4.69, 9.17) is 16.3 Å². The smallest absolute Gasteiger partial charge is 0.149 e. The van der Waals surface area contributed by atoms with Gasteiger partial charge in [0.25, 0.3) is 0 Å². The molecule has 0 amide bonds. The van der Waals surface area contributed by atoms with Crippen LogP contribution in [0.5, 0.6) is 0 Å². The molecule has 0 aromatic carbocycles. The molecule has 1 saturated heterocycles. The van der Waals surface area contributed by atoms with Gasteiger partial charge in [0, 0.05) is 11.6 Å². The van der Waals surface area contributed by atoms with Gasteiger partial charge in [-0.1, -0.05) is 0 Å². The lowest BCUT2D eigenvalue weighted by Gasteiger charge is -2.01. The zero-order valence-corrected chi connectivity index (χ0v) is 6.26. The monoisotopic (exact) mass is 151 g/mol. The van der Waals surface area contributed by atoms with Crippen LogP contribution in [0.2, 0.25) is 0 Å². The summed E-state index contributed by atoms with van der Waals surface area (Å²) in [4.78, 5) is 0. The lowest BCUT2D eigenvalue weighted by Crippen LogP contribution is -2.09. The number of rotatable bonds is 1. The number of halogens is 1. The molecule has 0 aromatic rings. The van der Waals surface area contributed by atoms with E-state index in [1.807, 2.05) is 6.92 Å². The molecule has 1 nitrogen and oxygen atoms in total. The average Bonchev–Trinajstić information content (AvgIpc) is 2.14. The molecular formula is C5H8ClOS. The molecule has 0 spiro atoms. The minimum Gasteiger partial charge on any atom is -0.355 e. The van der Waals surface area contributed by atoms with Crippen molar-refractivity contribution >= 4 is 23.4 Å². The molecule has 1 atom stereocenters. The Kier molecular flexibility index (Phi) is 2.47. The summed E-state index contributed by atoms with van der Waals surface area (Å²) in [6.45, 7) is 1.97. The van der Waals surface area contributed by atoms with Crippen molar-refractivity contribution in [3.8, 4) is 0 Å². The van der Waals surface area contributed by atoms with E-state index in [1.165, 1.54) is 0 Å². The van der Waals surface area contributed by atoms with Gasteiger partial charge in [-0.25, -0.2) is 0 Å². The van der Waals surface area contributed by atoms with Crippen LogP contribution in [-0.4, -0.2) is 17.7 Å². The van der Waals surface area contributed by atoms with Crippen molar-refractivity contribution in [2.75, 3.05) is 11.6 Å². The second kappa shape index (κ2) is 2.95. The van der Waals surface area contributed by atoms with E-state index in [1.54, 1.807) is 11.8 Å². The van der Waals surface area contributed by atoms with Gasteiger partial charge in [0.05, 0.1) is 6.10 Å². The van der Waals surface area contributed by atoms with Crippen LogP contribution in [0, 0.1) is 5.44 Å². The Morgan fingerprint density at radius 3 is 3.00 bits per heavy atom. The molecule has 1 aliphatic heterocycles. The highest BCUT2D eigenvalue weighted by Gasteiger charge is 2.21. The maximum Gasteiger partial charge on any atom is 0.149 e. The highest BCUT2D eigenvalue weighted by Crippen LogP contribution is 2.30. The molecule has 1 unspecified atom stereocenters. The molecular weight excluding hydrogens is 144 g/mol. The van der Waals surface area contributed by atoms with Gasteiger partial charge in [0.2, 0.25) is 0 Å². The zero-order valence-electron chi connectivity index (χ0n) is 4.69. The van der Waals surface area contributed by atoms with Gasteiger partial charge in [0.15, 0.2) is 0 Å². The average molecular weight is 152 g/mol. The topological polar surface area (TPSA) is 9.23 Å². The molecule has 0 bridgehead atoms. The molecule has 1 heterocycles. The summed E-state index contributed by atoms with van der Waals surface area (Å²) >= 11 is 7.26. The van der Waals surface area contributed by atoms with E-state index in [0.717, 1.165) is 11.2 Å². The molecule has 0 aromatic heterocycles. The van der Waals surface area contributed by atoms with E-state index in [-0.39, 0.29) is 6.10 Å². The van der Waals surface area contributed by atoms with Gasteiger partial charge >= 0.3 is 0 Å². The van der Waals surface area contributed by atoms with E-state index < -0.39 is 0 Å². The predicted molar refractivity (Wildman–Crippen MR) is 37.0 cm³/mol. The highest BCUT2D eigenvalue weighted by atomic mass is 35.5. The van der Waals surface area contributed by atoms with Crippen LogP contribution in [0.25, 0.3) is 0 Å². The van der Waals surface area contributed by atoms with Crippen LogP contribution >= 0.6 is 23.4 Å². The van der Waals surface area contributed by atoms with Crippen LogP contribution in [0.1, 0.15) is 6.92 Å². The first kappa shape index (κ1) is 6.72. The number of hydrogen-bond donors (Lipinski definition) is 0. The predicted octanol–water partition coefficient (Wildman–Crippen LogP) is 1.87. The van der Waals surface area contributed by atoms with Crippen molar-refractivity contribution in [1.82, 2.24) is 0 Å².